The molecule has 1 atom stereocenters. The smallest absolute Gasteiger partial charge is 0.251 e. The summed E-state index contributed by atoms with van der Waals surface area (Å²) < 4.78 is 1.97. The average molecular weight is 403 g/mol. The Hall–Kier alpha value is -2.92. The van der Waals surface area contributed by atoms with Gasteiger partial charge in [-0.25, -0.2) is 0 Å². The van der Waals surface area contributed by atoms with Gasteiger partial charge in [0.1, 0.15) is 0 Å². The zero-order valence-electron chi connectivity index (χ0n) is 17.6. The molecule has 0 spiro atoms. The maximum absolute atomic E-state index is 12.6. The van der Waals surface area contributed by atoms with Gasteiger partial charge in [-0.15, -0.1) is 0 Å². The summed E-state index contributed by atoms with van der Waals surface area (Å²) in [6.45, 7) is 6.80. The molecule has 3 aromatic rings. The molecule has 0 saturated carbocycles. The van der Waals surface area contributed by atoms with Crippen molar-refractivity contribution in [1.29, 1.82) is 0 Å². The van der Waals surface area contributed by atoms with Crippen molar-refractivity contribution in [3.63, 3.8) is 0 Å². The molecule has 1 aliphatic heterocycles. The largest absolute Gasteiger partial charge is 0.352 e. The van der Waals surface area contributed by atoms with Gasteiger partial charge in [0.15, 0.2) is 0 Å². The highest BCUT2D eigenvalue weighted by molar-refractivity contribution is 5.94. The van der Waals surface area contributed by atoms with Crippen molar-refractivity contribution in [2.24, 2.45) is 5.92 Å². The van der Waals surface area contributed by atoms with Crippen molar-refractivity contribution in [3.8, 4) is 11.1 Å². The van der Waals surface area contributed by atoms with Gasteiger partial charge in [-0.3, -0.25) is 14.4 Å². The number of hydrogen-bond acceptors (Lipinski definition) is 3. The number of carbonyl (C=O) groups is 1. The number of hydrogen-bond donors (Lipinski definition) is 1. The van der Waals surface area contributed by atoms with Gasteiger partial charge in [0, 0.05) is 43.5 Å². The number of aryl methyl sites for hydroxylation is 1. The second kappa shape index (κ2) is 9.72. The highest BCUT2D eigenvalue weighted by Crippen LogP contribution is 2.20. The summed E-state index contributed by atoms with van der Waals surface area (Å²) in [7, 11) is 0. The Morgan fingerprint density at radius 2 is 1.87 bits per heavy atom. The van der Waals surface area contributed by atoms with E-state index in [4.69, 9.17) is 0 Å². The molecule has 1 fully saturated rings. The van der Waals surface area contributed by atoms with Crippen LogP contribution in [0.25, 0.3) is 11.1 Å². The first kappa shape index (κ1) is 20.4. The van der Waals surface area contributed by atoms with Crippen LogP contribution < -0.4 is 5.32 Å². The predicted molar refractivity (Wildman–Crippen MR) is 120 cm³/mol. The lowest BCUT2D eigenvalue weighted by molar-refractivity contribution is 0.0930. The lowest BCUT2D eigenvalue weighted by Gasteiger charge is -2.32. The SMILES string of the molecule is CCn1cc(CN2CCC[C@@H](CNC(=O)c3ccc(-c4ccccc4)cc3)C2)cn1. The number of amides is 1. The zero-order valence-corrected chi connectivity index (χ0v) is 17.6. The normalized spacial score (nSPS) is 17.0. The lowest BCUT2D eigenvalue weighted by atomic mass is 9.97. The minimum Gasteiger partial charge on any atom is -0.352 e. The second-order valence-electron chi connectivity index (χ2n) is 8.10. The summed E-state index contributed by atoms with van der Waals surface area (Å²) in [4.78, 5) is 15.1. The summed E-state index contributed by atoms with van der Waals surface area (Å²) in [6, 6.07) is 18.1. The monoisotopic (exact) mass is 402 g/mol. The number of rotatable bonds is 7. The molecular formula is C25H30N4O. The maximum Gasteiger partial charge on any atom is 0.251 e. The highest BCUT2D eigenvalue weighted by atomic mass is 16.1. The fourth-order valence-corrected chi connectivity index (χ4v) is 4.16. The van der Waals surface area contributed by atoms with Crippen molar-refractivity contribution >= 4 is 5.91 Å². The maximum atomic E-state index is 12.6. The van der Waals surface area contributed by atoms with E-state index in [1.54, 1.807) is 0 Å². The quantitative estimate of drug-likeness (QED) is 0.644. The number of benzene rings is 2. The fourth-order valence-electron chi connectivity index (χ4n) is 4.16. The number of aromatic nitrogens is 2. The van der Waals surface area contributed by atoms with Gasteiger partial charge in [0.25, 0.3) is 5.91 Å². The van der Waals surface area contributed by atoms with Gasteiger partial charge in [-0.1, -0.05) is 42.5 Å². The number of carbonyl (C=O) groups excluding carboxylic acids is 1. The van der Waals surface area contributed by atoms with Gasteiger partial charge < -0.3 is 5.32 Å². The molecule has 1 saturated heterocycles. The van der Waals surface area contributed by atoms with Crippen molar-refractivity contribution < 1.29 is 4.79 Å². The Labute approximate surface area is 178 Å². The van der Waals surface area contributed by atoms with Crippen LogP contribution in [-0.2, 0) is 13.1 Å². The van der Waals surface area contributed by atoms with E-state index < -0.39 is 0 Å². The summed E-state index contributed by atoms with van der Waals surface area (Å²) in [5, 5.41) is 7.51. The van der Waals surface area contributed by atoms with Crippen LogP contribution in [0.15, 0.2) is 67.0 Å². The lowest BCUT2D eigenvalue weighted by Crippen LogP contribution is -2.40. The third kappa shape index (κ3) is 5.16. The van der Waals surface area contributed by atoms with E-state index in [0.29, 0.717) is 11.5 Å². The van der Waals surface area contributed by atoms with Crippen LogP contribution in [-0.4, -0.2) is 40.2 Å². The molecule has 30 heavy (non-hydrogen) atoms. The average Bonchev–Trinajstić information content (AvgIpc) is 3.26. The first-order valence-corrected chi connectivity index (χ1v) is 10.9. The molecule has 2 aromatic carbocycles. The van der Waals surface area contributed by atoms with Crippen LogP contribution in [0.2, 0.25) is 0 Å². The molecule has 1 aromatic heterocycles. The Kier molecular flexibility index (Phi) is 6.60. The van der Waals surface area contributed by atoms with E-state index in [1.807, 2.05) is 53.3 Å². The van der Waals surface area contributed by atoms with Crippen LogP contribution in [0.5, 0.6) is 0 Å². The molecule has 0 unspecified atom stereocenters. The van der Waals surface area contributed by atoms with Gasteiger partial charge in [-0.2, -0.15) is 5.10 Å². The molecule has 1 amide bonds. The van der Waals surface area contributed by atoms with Crippen LogP contribution in [0.3, 0.4) is 0 Å². The molecule has 5 heteroatoms. The van der Waals surface area contributed by atoms with E-state index in [9.17, 15) is 4.79 Å². The van der Waals surface area contributed by atoms with E-state index in [2.05, 4.69) is 40.6 Å². The molecule has 5 nitrogen and oxygen atoms in total. The topological polar surface area (TPSA) is 50.2 Å². The molecule has 0 bridgehead atoms. The molecule has 2 heterocycles. The van der Waals surface area contributed by atoms with Crippen molar-refractivity contribution in [1.82, 2.24) is 20.0 Å². The van der Waals surface area contributed by atoms with E-state index in [0.717, 1.165) is 50.3 Å². The standard InChI is InChI=1S/C25H30N4O/c1-2-29-19-21(16-27-29)18-28-14-6-7-20(17-28)15-26-25(30)24-12-10-23(11-13-24)22-8-4-3-5-9-22/h3-5,8-13,16,19-20H,2,6-7,14-15,17-18H2,1H3,(H,26,30)/t20-/m0/s1. The van der Waals surface area contributed by atoms with Crippen molar-refractivity contribution in [2.75, 3.05) is 19.6 Å². The molecule has 1 N–H and O–H groups in total. The molecular weight excluding hydrogens is 372 g/mol. The molecule has 1 aliphatic rings. The summed E-state index contributed by atoms with van der Waals surface area (Å²) in [6.07, 6.45) is 6.44. The van der Waals surface area contributed by atoms with Crippen LogP contribution in [0.4, 0.5) is 0 Å². The van der Waals surface area contributed by atoms with Gasteiger partial charge in [0.2, 0.25) is 0 Å². The summed E-state index contributed by atoms with van der Waals surface area (Å²) >= 11 is 0. The van der Waals surface area contributed by atoms with Crippen LogP contribution in [0, 0.1) is 5.92 Å². The van der Waals surface area contributed by atoms with E-state index >= 15 is 0 Å². The van der Waals surface area contributed by atoms with Crippen LogP contribution >= 0.6 is 0 Å². The first-order valence-electron chi connectivity index (χ1n) is 10.9. The number of likely N-dealkylation sites (tertiary alicyclic amines) is 1. The second-order valence-corrected chi connectivity index (χ2v) is 8.10. The number of piperidine rings is 1. The highest BCUT2D eigenvalue weighted by Gasteiger charge is 2.21. The summed E-state index contributed by atoms with van der Waals surface area (Å²) in [5.74, 6) is 0.503. The fraction of sp³-hybridized carbons (Fsp3) is 0.360. The Bertz CT molecular complexity index is 949. The van der Waals surface area contributed by atoms with E-state index in [-0.39, 0.29) is 5.91 Å². The molecule has 4 rings (SSSR count). The molecule has 156 valence electrons. The number of nitrogens with one attached hydrogen (secondary N) is 1. The first-order chi connectivity index (χ1) is 14.7. The molecule has 0 radical (unpaired) electrons. The zero-order chi connectivity index (χ0) is 20.8. The van der Waals surface area contributed by atoms with Crippen molar-refractivity contribution in [3.05, 3.63) is 78.1 Å². The minimum absolute atomic E-state index is 0.0101. The van der Waals surface area contributed by atoms with Crippen LogP contribution in [0.1, 0.15) is 35.7 Å². The Morgan fingerprint density at radius 1 is 1.10 bits per heavy atom. The third-order valence-corrected chi connectivity index (χ3v) is 5.83. The Morgan fingerprint density at radius 3 is 2.60 bits per heavy atom. The third-order valence-electron chi connectivity index (χ3n) is 5.83. The van der Waals surface area contributed by atoms with E-state index in [1.165, 1.54) is 12.0 Å². The van der Waals surface area contributed by atoms with Gasteiger partial charge >= 0.3 is 0 Å². The van der Waals surface area contributed by atoms with Gasteiger partial charge in [0.05, 0.1) is 6.20 Å². The minimum atomic E-state index is 0.0101. The van der Waals surface area contributed by atoms with Gasteiger partial charge in [-0.05, 0) is 55.5 Å². The number of nitrogens with zero attached hydrogens (tertiary/aromatic N) is 3. The predicted octanol–water partition coefficient (Wildman–Crippen LogP) is 4.21. The Balaban J connectivity index is 1.28. The van der Waals surface area contributed by atoms with Crippen molar-refractivity contribution in [2.45, 2.75) is 32.9 Å². The summed E-state index contributed by atoms with van der Waals surface area (Å²) in [5.41, 5.74) is 4.27. The molecule has 0 aliphatic carbocycles.